The molecule has 0 saturated heterocycles. The molecule has 12 aromatic heterocycles. The topological polar surface area (TPSA) is 371 Å². The molecule has 4 aliphatic rings. The molecule has 0 radical (unpaired) electrons. The zero-order chi connectivity index (χ0) is 63.1. The minimum absolute atomic E-state index is 0.0576. The van der Waals surface area contributed by atoms with E-state index in [2.05, 4.69) is 103 Å². The van der Waals surface area contributed by atoms with Crippen LogP contribution in [-0.4, -0.2) is 102 Å². The standard InChI is InChI=1S/C8H9N2P.C8H8N2.C7H5N3O3.C7H6N3O2P.C7H5N3O2.C7H8N3P.C7H6N2O.C7H6N2/c1-6-2-4-9-8-7(6)3-5-10(8)11;1-6-2-4-9-8-7(6)3-5-10-8;11-9-4-2-6(10(12)13)5-1-3-8-7(5)9;11-10(12)6-1-3-8-7-5(6)2-4-9(7)13;11-10(12)6-2-4-9-7-5(6)1-3-8-7;8-6-1-3-9-7-5(6)2-4-10(7)11;10-9-5-1-2-6-3-4-8-7(6)9;1-2-6-3-5-9-7(6)8-4-1/h2-5H,11H2,1H3;2-5H,1H3,(H,9,10);1-4,11H;1-4H,13H2;1-4H,(H,8,9);1-4H,11H2,(H2,8,9);1-5,10H;1-5H,(H,8,9). The molecule has 0 aromatic carbocycles. The van der Waals surface area contributed by atoms with Crippen molar-refractivity contribution < 1.29 is 25.2 Å². The molecule has 31 heteroatoms. The number of nitrogen functional groups attached to an aromatic ring is 1. The highest BCUT2D eigenvalue weighted by molar-refractivity contribution is 7.15. The summed E-state index contributed by atoms with van der Waals surface area (Å²) in [6.45, 7) is 4.17. The Morgan fingerprint density at radius 3 is 1.54 bits per heavy atom. The molecule has 3 atom stereocenters. The number of rotatable bonds is 3. The number of nitrogens with zero attached hydrogens (tertiary/aromatic N) is 16. The van der Waals surface area contributed by atoms with Crippen LogP contribution in [0.15, 0.2) is 208 Å². The van der Waals surface area contributed by atoms with Gasteiger partial charge in [-0.2, -0.15) is 9.46 Å². The predicted octanol–water partition coefficient (Wildman–Crippen LogP) is 12.1. The molecule has 0 bridgehead atoms. The molecule has 0 saturated carbocycles. The summed E-state index contributed by atoms with van der Waals surface area (Å²) >= 11 is 0. The maximum Gasteiger partial charge on any atom is 0.282 e. The fourth-order valence-electron chi connectivity index (χ4n) is 8.69. The number of fused-ring (bicyclic) bond motifs is 8. The van der Waals surface area contributed by atoms with E-state index in [4.69, 9.17) is 10.9 Å². The second kappa shape index (κ2) is 28.5. The molecule has 448 valence electrons. The normalized spacial score (nSPS) is 10.5. The van der Waals surface area contributed by atoms with Crippen LogP contribution in [-0.2, 0) is 0 Å². The van der Waals surface area contributed by atoms with Gasteiger partial charge in [0.25, 0.3) is 17.1 Å². The van der Waals surface area contributed by atoms with Gasteiger partial charge in [0.15, 0.2) is 11.6 Å². The number of anilines is 1. The Labute approximate surface area is 509 Å². The third-order valence-corrected chi connectivity index (χ3v) is 14.3. The minimum atomic E-state index is -0.510. The highest BCUT2D eigenvalue weighted by Crippen LogP contribution is 2.30. The van der Waals surface area contributed by atoms with Crippen LogP contribution in [0.1, 0.15) is 11.1 Å². The van der Waals surface area contributed by atoms with Gasteiger partial charge in [-0.25, -0.2) is 39.9 Å². The fourth-order valence-corrected chi connectivity index (χ4v) is 9.56. The van der Waals surface area contributed by atoms with Gasteiger partial charge < -0.3 is 44.1 Å². The molecule has 28 nitrogen and oxygen atoms in total. The number of H-pyrrole nitrogens is 3. The summed E-state index contributed by atoms with van der Waals surface area (Å²) in [5.41, 5.74) is 15.4. The maximum absolute atomic E-state index is 10.6. The summed E-state index contributed by atoms with van der Waals surface area (Å²) in [4.78, 5) is 71.4. The number of nitrogens with two attached hydrogens (primary N) is 1. The van der Waals surface area contributed by atoms with Crippen LogP contribution in [0.5, 0.6) is 0 Å². The van der Waals surface area contributed by atoms with Gasteiger partial charge >= 0.3 is 0 Å². The summed E-state index contributed by atoms with van der Waals surface area (Å²) < 4.78 is 7.24. The van der Waals surface area contributed by atoms with E-state index in [0.29, 0.717) is 33.5 Å². The Hall–Kier alpha value is -11.6. The Morgan fingerprint density at radius 2 is 0.910 bits per heavy atom. The lowest BCUT2D eigenvalue weighted by atomic mass is 10.2. The van der Waals surface area contributed by atoms with Gasteiger partial charge in [-0.3, -0.25) is 30.3 Å². The molecular formula is C58H53N20O8P3. The third kappa shape index (κ3) is 14.7. The largest absolute Gasteiger partial charge is 0.427 e. The zero-order valence-corrected chi connectivity index (χ0v) is 50.4. The van der Waals surface area contributed by atoms with Crippen LogP contribution in [0.25, 0.3) is 89.0 Å². The third-order valence-electron chi connectivity index (χ3n) is 13.1. The predicted molar refractivity (Wildman–Crippen MR) is 349 cm³/mol. The Bertz CT molecular complexity index is 4860. The first-order chi connectivity index (χ1) is 43.0. The van der Waals surface area contributed by atoms with E-state index in [0.717, 1.165) is 54.1 Å². The molecule has 12 aromatic rings. The van der Waals surface area contributed by atoms with Crippen molar-refractivity contribution in [2.75, 3.05) is 5.73 Å². The average Bonchev–Trinajstić information content (AvgIpc) is 3.93. The van der Waals surface area contributed by atoms with Crippen molar-refractivity contribution in [2.24, 2.45) is 0 Å². The molecule has 0 amide bonds. The van der Waals surface area contributed by atoms with Crippen molar-refractivity contribution in [3.63, 3.8) is 0 Å². The van der Waals surface area contributed by atoms with E-state index in [-0.39, 0.29) is 22.9 Å². The highest BCUT2D eigenvalue weighted by atomic mass is 31.0. The molecule has 16 rings (SSSR count). The molecule has 0 fully saturated rings. The zero-order valence-electron chi connectivity index (χ0n) is 46.9. The SMILES string of the molecule is Cc1ccnc2[nH]ccc12.Cc1ccnc2c1ccn2P.Nc1ccnc2c1ccn2P.O=[N+]([O-])c1ccn(O)c2nccc1-2.O=[N+]([O-])c1ccnc2[nH]ccc12.O=[N+]([O-])c1ccnc2c1ccn2P.On1cccc2ccnc1-2.c1cnc2[nH]ccc2c1. The summed E-state index contributed by atoms with van der Waals surface area (Å²) in [7, 11) is 7.58. The van der Waals surface area contributed by atoms with Gasteiger partial charge in [0.05, 0.1) is 37.3 Å². The number of hydrogen-bond donors (Lipinski definition) is 6. The number of aromatic nitrogens is 16. The quantitative estimate of drug-likeness (QED) is 0.0414. The first kappa shape index (κ1) is 62.0. The number of nitro groups is 3. The lowest BCUT2D eigenvalue weighted by Crippen LogP contribution is -2.01. The van der Waals surface area contributed by atoms with Gasteiger partial charge in [-0.05, 0) is 144 Å². The van der Waals surface area contributed by atoms with E-state index in [1.165, 1.54) is 71.0 Å². The van der Waals surface area contributed by atoms with Crippen LogP contribution >= 0.6 is 28.2 Å². The lowest BCUT2D eigenvalue weighted by molar-refractivity contribution is -0.384. The van der Waals surface area contributed by atoms with Crippen LogP contribution in [0.4, 0.5) is 22.7 Å². The molecule has 4 aliphatic heterocycles. The first-order valence-corrected chi connectivity index (χ1v) is 27.8. The van der Waals surface area contributed by atoms with Crippen LogP contribution in [0.2, 0.25) is 0 Å². The van der Waals surface area contributed by atoms with Crippen LogP contribution < -0.4 is 5.73 Å². The second-order valence-corrected chi connectivity index (χ2v) is 20.3. The van der Waals surface area contributed by atoms with E-state index in [1.54, 1.807) is 65.8 Å². The molecule has 0 aliphatic carbocycles. The van der Waals surface area contributed by atoms with Crippen molar-refractivity contribution in [3.8, 4) is 22.8 Å². The van der Waals surface area contributed by atoms with Crippen molar-refractivity contribution >= 4 is 117 Å². The lowest BCUT2D eigenvalue weighted by Gasteiger charge is -2.03. The van der Waals surface area contributed by atoms with Gasteiger partial charge in [0.2, 0.25) is 0 Å². The molecule has 89 heavy (non-hydrogen) atoms. The summed E-state index contributed by atoms with van der Waals surface area (Å²) in [6.07, 6.45) is 26.8. The molecule has 3 unspecified atom stereocenters. The first-order valence-electron chi connectivity index (χ1n) is 26.2. The minimum Gasteiger partial charge on any atom is -0.427 e. The van der Waals surface area contributed by atoms with Crippen LogP contribution in [0.3, 0.4) is 0 Å². The number of aromatic amines is 3. The Morgan fingerprint density at radius 1 is 0.427 bits per heavy atom. The molecule has 16 heterocycles. The summed E-state index contributed by atoms with van der Waals surface area (Å²) in [6, 6.07) is 32.2. The molecule has 7 N–H and O–H groups in total. The number of nitrogens with one attached hydrogen (secondary N) is 3. The van der Waals surface area contributed by atoms with Crippen molar-refractivity contribution in [3.05, 3.63) is 250 Å². The van der Waals surface area contributed by atoms with E-state index in [1.807, 2.05) is 100 Å². The van der Waals surface area contributed by atoms with Gasteiger partial charge in [-0.15, -0.1) is 0 Å². The molecule has 0 spiro atoms. The number of hydrogen-bond acceptors (Lipinski definition) is 17. The smallest absolute Gasteiger partial charge is 0.282 e. The molecular weight excluding hydrogens is 1200 g/mol. The summed E-state index contributed by atoms with van der Waals surface area (Å²) in [5.74, 6) is 0.789. The van der Waals surface area contributed by atoms with Crippen LogP contribution in [0, 0.1) is 44.2 Å². The number of pyridine rings is 8. The maximum atomic E-state index is 10.6. The monoisotopic (exact) mass is 1250 g/mol. The van der Waals surface area contributed by atoms with E-state index < -0.39 is 14.8 Å². The van der Waals surface area contributed by atoms with Crippen molar-refractivity contribution in [2.45, 2.75) is 13.8 Å². The summed E-state index contributed by atoms with van der Waals surface area (Å²) in [5, 5.41) is 55.6. The average molecular weight is 1250 g/mol. The second-order valence-electron chi connectivity index (χ2n) is 18.7. The van der Waals surface area contributed by atoms with Gasteiger partial charge in [0, 0.05) is 144 Å². The Kier molecular flexibility index (Phi) is 19.9. The van der Waals surface area contributed by atoms with E-state index in [9.17, 15) is 35.6 Å². The van der Waals surface area contributed by atoms with Gasteiger partial charge in [0.1, 0.15) is 33.9 Å². The van der Waals surface area contributed by atoms with Gasteiger partial charge in [-0.1, -0.05) is 0 Å². The highest BCUT2D eigenvalue weighted by Gasteiger charge is 2.21. The fraction of sp³-hybridized carbons (Fsp3) is 0.0345. The Balaban J connectivity index is 0.000000121. The van der Waals surface area contributed by atoms with Crippen molar-refractivity contribution in [1.82, 2.24) is 77.3 Å². The van der Waals surface area contributed by atoms with Crippen molar-refractivity contribution in [1.29, 1.82) is 0 Å². The number of aryl methyl sites for hydroxylation is 2. The van der Waals surface area contributed by atoms with E-state index >= 15 is 0 Å².